The largest absolute Gasteiger partial charge is 0.402 e. The summed E-state index contributed by atoms with van der Waals surface area (Å²) >= 11 is 0. The third-order valence-electron chi connectivity index (χ3n) is 2.35. The average Bonchev–Trinajstić information content (AvgIpc) is 2.41. The van der Waals surface area contributed by atoms with Crippen LogP contribution in [0.2, 0.25) is 0 Å². The first-order valence-electron chi connectivity index (χ1n) is 4.24. The second kappa shape index (κ2) is 2.80. The van der Waals surface area contributed by atoms with Crippen LogP contribution in [0.15, 0.2) is 36.5 Å². The minimum atomic E-state index is -0.868. The van der Waals surface area contributed by atoms with E-state index < -0.39 is 5.92 Å². The van der Waals surface area contributed by atoms with Crippen molar-refractivity contribution in [2.24, 2.45) is 11.7 Å². The van der Waals surface area contributed by atoms with Crippen LogP contribution in [0.4, 0.5) is 0 Å². The fraction of sp³-hybridized carbons (Fsp3) is 0.0909. The molecule has 0 bridgehead atoms. The number of hydrogen-bond donors (Lipinski definition) is 1. The SMILES string of the molecule is C=C(N)C1C(=O)c2ccccc2C1=O. The van der Waals surface area contributed by atoms with E-state index >= 15 is 0 Å². The molecule has 0 atom stereocenters. The number of fused-ring (bicyclic) bond motifs is 1. The van der Waals surface area contributed by atoms with E-state index in [1.165, 1.54) is 0 Å². The molecule has 0 heterocycles. The molecule has 0 spiro atoms. The second-order valence-corrected chi connectivity index (χ2v) is 3.28. The molecule has 0 fully saturated rings. The van der Waals surface area contributed by atoms with Gasteiger partial charge in [-0.25, -0.2) is 0 Å². The minimum absolute atomic E-state index is 0.121. The zero-order valence-corrected chi connectivity index (χ0v) is 7.49. The molecular weight excluding hydrogens is 178 g/mol. The quantitative estimate of drug-likeness (QED) is 0.671. The minimum Gasteiger partial charge on any atom is -0.402 e. The van der Waals surface area contributed by atoms with Gasteiger partial charge in [0.1, 0.15) is 5.92 Å². The van der Waals surface area contributed by atoms with Crippen LogP contribution < -0.4 is 5.73 Å². The molecule has 0 aliphatic heterocycles. The number of Topliss-reactive ketones (excluding diaryl/α,β-unsaturated/α-hetero) is 2. The van der Waals surface area contributed by atoms with E-state index in [0.717, 1.165) is 0 Å². The van der Waals surface area contributed by atoms with Crippen LogP contribution in [0, 0.1) is 5.92 Å². The number of allylic oxidation sites excluding steroid dienone is 1. The Labute approximate surface area is 81.2 Å². The lowest BCUT2D eigenvalue weighted by Gasteiger charge is -2.03. The Balaban J connectivity index is 2.59. The zero-order valence-electron chi connectivity index (χ0n) is 7.49. The van der Waals surface area contributed by atoms with E-state index in [1.54, 1.807) is 24.3 Å². The lowest BCUT2D eigenvalue weighted by Crippen LogP contribution is -2.21. The van der Waals surface area contributed by atoms with Gasteiger partial charge in [0.05, 0.1) is 0 Å². The Morgan fingerprint density at radius 1 is 1.14 bits per heavy atom. The lowest BCUT2D eigenvalue weighted by atomic mass is 10.0. The van der Waals surface area contributed by atoms with E-state index in [1.807, 2.05) is 0 Å². The van der Waals surface area contributed by atoms with Crippen molar-refractivity contribution >= 4 is 11.6 Å². The number of benzene rings is 1. The molecule has 1 aliphatic rings. The number of ketones is 2. The number of carbonyl (C=O) groups is 2. The van der Waals surface area contributed by atoms with E-state index in [4.69, 9.17) is 5.73 Å². The van der Waals surface area contributed by atoms with Gasteiger partial charge in [0.25, 0.3) is 0 Å². The van der Waals surface area contributed by atoms with Crippen LogP contribution in [0.5, 0.6) is 0 Å². The molecule has 0 saturated heterocycles. The first kappa shape index (κ1) is 8.69. The predicted octanol–water partition coefficient (Wildman–Crippen LogP) is 1.15. The van der Waals surface area contributed by atoms with Gasteiger partial charge in [-0.2, -0.15) is 0 Å². The van der Waals surface area contributed by atoms with Crippen LogP contribution in [-0.2, 0) is 0 Å². The van der Waals surface area contributed by atoms with Gasteiger partial charge in [0.2, 0.25) is 0 Å². The summed E-state index contributed by atoms with van der Waals surface area (Å²) < 4.78 is 0. The number of nitrogens with two attached hydrogens (primary N) is 1. The highest BCUT2D eigenvalue weighted by Gasteiger charge is 2.38. The van der Waals surface area contributed by atoms with Crippen LogP contribution >= 0.6 is 0 Å². The maximum absolute atomic E-state index is 11.7. The van der Waals surface area contributed by atoms with Gasteiger partial charge < -0.3 is 5.73 Å². The van der Waals surface area contributed by atoms with Crippen molar-refractivity contribution < 1.29 is 9.59 Å². The van der Waals surface area contributed by atoms with Crippen molar-refractivity contribution in [1.82, 2.24) is 0 Å². The van der Waals surface area contributed by atoms with Crippen molar-refractivity contribution in [2.75, 3.05) is 0 Å². The van der Waals surface area contributed by atoms with Gasteiger partial charge in [0.15, 0.2) is 11.6 Å². The summed E-state index contributed by atoms with van der Waals surface area (Å²) in [6.07, 6.45) is 0. The fourth-order valence-corrected chi connectivity index (χ4v) is 1.68. The number of hydrogen-bond acceptors (Lipinski definition) is 3. The summed E-state index contributed by atoms with van der Waals surface area (Å²) in [7, 11) is 0. The van der Waals surface area contributed by atoms with Crippen LogP contribution in [-0.4, -0.2) is 11.6 Å². The summed E-state index contributed by atoms with van der Waals surface area (Å²) in [6.45, 7) is 3.46. The maximum Gasteiger partial charge on any atom is 0.180 e. The summed E-state index contributed by atoms with van der Waals surface area (Å²) in [4.78, 5) is 23.4. The van der Waals surface area contributed by atoms with Gasteiger partial charge in [0, 0.05) is 16.8 Å². The van der Waals surface area contributed by atoms with E-state index in [0.29, 0.717) is 11.1 Å². The van der Waals surface area contributed by atoms with Crippen molar-refractivity contribution in [3.63, 3.8) is 0 Å². The smallest absolute Gasteiger partial charge is 0.180 e. The highest BCUT2D eigenvalue weighted by molar-refractivity contribution is 6.27. The van der Waals surface area contributed by atoms with Crippen LogP contribution in [0.1, 0.15) is 20.7 Å². The Bertz CT molecular complexity index is 413. The number of carbonyl (C=O) groups excluding carboxylic acids is 2. The molecule has 2 rings (SSSR count). The Morgan fingerprint density at radius 2 is 1.57 bits per heavy atom. The first-order chi connectivity index (χ1) is 6.63. The first-order valence-corrected chi connectivity index (χ1v) is 4.24. The third-order valence-corrected chi connectivity index (χ3v) is 2.35. The maximum atomic E-state index is 11.7. The fourth-order valence-electron chi connectivity index (χ4n) is 1.68. The summed E-state index contributed by atoms with van der Waals surface area (Å²) in [5, 5.41) is 0. The molecular formula is C11H9NO2. The average molecular weight is 187 g/mol. The molecule has 3 heteroatoms. The molecule has 2 N–H and O–H groups in total. The molecule has 1 aromatic rings. The molecule has 14 heavy (non-hydrogen) atoms. The van der Waals surface area contributed by atoms with Gasteiger partial charge in [-0.1, -0.05) is 30.8 Å². The molecule has 70 valence electrons. The van der Waals surface area contributed by atoms with Crippen molar-refractivity contribution in [2.45, 2.75) is 0 Å². The summed E-state index contributed by atoms with van der Waals surface area (Å²) in [5.41, 5.74) is 6.45. The van der Waals surface area contributed by atoms with Crippen LogP contribution in [0.3, 0.4) is 0 Å². The standard InChI is InChI=1S/C11H9NO2/c1-6(12)9-10(13)7-4-2-3-5-8(7)11(9)14/h2-5,9H,1,12H2. The Kier molecular flexibility index (Phi) is 1.74. The predicted molar refractivity (Wildman–Crippen MR) is 51.9 cm³/mol. The molecule has 1 aromatic carbocycles. The topological polar surface area (TPSA) is 60.2 Å². The van der Waals surface area contributed by atoms with Crippen molar-refractivity contribution in [3.05, 3.63) is 47.7 Å². The molecule has 0 unspecified atom stereocenters. The van der Waals surface area contributed by atoms with Crippen molar-refractivity contribution in [1.29, 1.82) is 0 Å². The van der Waals surface area contributed by atoms with E-state index in [2.05, 4.69) is 6.58 Å². The molecule has 1 aliphatic carbocycles. The van der Waals surface area contributed by atoms with Gasteiger partial charge in [-0.3, -0.25) is 9.59 Å². The third kappa shape index (κ3) is 0.988. The van der Waals surface area contributed by atoms with Gasteiger partial charge in [-0.15, -0.1) is 0 Å². The molecule has 0 saturated carbocycles. The van der Waals surface area contributed by atoms with Gasteiger partial charge >= 0.3 is 0 Å². The van der Waals surface area contributed by atoms with E-state index in [-0.39, 0.29) is 17.3 Å². The second-order valence-electron chi connectivity index (χ2n) is 3.28. The molecule has 0 aromatic heterocycles. The Hall–Kier alpha value is -1.90. The highest BCUT2D eigenvalue weighted by atomic mass is 16.2. The lowest BCUT2D eigenvalue weighted by molar-refractivity contribution is 0.0864. The monoisotopic (exact) mass is 187 g/mol. The van der Waals surface area contributed by atoms with Gasteiger partial charge in [-0.05, 0) is 0 Å². The molecule has 0 radical (unpaired) electrons. The van der Waals surface area contributed by atoms with Crippen molar-refractivity contribution in [3.8, 4) is 0 Å². The highest BCUT2D eigenvalue weighted by Crippen LogP contribution is 2.28. The van der Waals surface area contributed by atoms with E-state index in [9.17, 15) is 9.59 Å². The molecule has 0 amide bonds. The summed E-state index contributed by atoms with van der Waals surface area (Å²) in [6, 6.07) is 6.73. The van der Waals surface area contributed by atoms with Crippen LogP contribution in [0.25, 0.3) is 0 Å². The number of rotatable bonds is 1. The molecule has 3 nitrogen and oxygen atoms in total. The zero-order chi connectivity index (χ0) is 10.3. The normalized spacial score (nSPS) is 15.7. The Morgan fingerprint density at radius 3 is 1.93 bits per heavy atom. The summed E-state index contributed by atoms with van der Waals surface area (Å²) in [5.74, 6) is -1.34.